The lowest BCUT2D eigenvalue weighted by molar-refractivity contribution is -0.111. The maximum atomic E-state index is 13.1. The van der Waals surface area contributed by atoms with Crippen molar-refractivity contribution in [2.75, 3.05) is 5.32 Å². The summed E-state index contributed by atoms with van der Waals surface area (Å²) in [4.78, 5) is 16.3. The Morgan fingerprint density at radius 2 is 1.91 bits per heavy atom. The van der Waals surface area contributed by atoms with Gasteiger partial charge < -0.3 is 5.32 Å². The van der Waals surface area contributed by atoms with Crippen LogP contribution in [0, 0.1) is 5.82 Å². The van der Waals surface area contributed by atoms with E-state index in [4.69, 9.17) is 0 Å². The molecule has 0 unspecified atom stereocenters. The number of para-hydroxylation sites is 1. The number of rotatable bonds is 3. The van der Waals surface area contributed by atoms with Gasteiger partial charge in [-0.15, -0.1) is 0 Å². The number of anilines is 1. The summed E-state index contributed by atoms with van der Waals surface area (Å²) in [5, 5.41) is 3.74. The van der Waals surface area contributed by atoms with E-state index in [2.05, 4.69) is 10.3 Å². The monoisotopic (exact) mass is 292 g/mol. The lowest BCUT2D eigenvalue weighted by Crippen LogP contribution is -2.08. The van der Waals surface area contributed by atoms with E-state index in [9.17, 15) is 9.18 Å². The molecule has 3 aromatic rings. The highest BCUT2D eigenvalue weighted by Gasteiger charge is 2.03. The Kier molecular flexibility index (Phi) is 3.92. The summed E-state index contributed by atoms with van der Waals surface area (Å²) in [6, 6.07) is 15.4. The van der Waals surface area contributed by atoms with Crippen molar-refractivity contribution in [1.29, 1.82) is 0 Å². The molecule has 3 rings (SSSR count). The second kappa shape index (κ2) is 6.18. The molecule has 1 aromatic heterocycles. The van der Waals surface area contributed by atoms with E-state index in [1.807, 2.05) is 24.3 Å². The molecular formula is C18H13FN2O. The number of hydrogen-bond acceptors (Lipinski definition) is 2. The number of carbonyl (C=O) groups excluding carboxylic acids is 1. The van der Waals surface area contributed by atoms with E-state index in [1.165, 1.54) is 18.2 Å². The van der Waals surface area contributed by atoms with Crippen LogP contribution in [0.5, 0.6) is 0 Å². The van der Waals surface area contributed by atoms with Crippen molar-refractivity contribution in [3.8, 4) is 0 Å². The van der Waals surface area contributed by atoms with Gasteiger partial charge in [-0.3, -0.25) is 9.78 Å². The number of nitrogens with zero attached hydrogens (tertiary/aromatic N) is 1. The topological polar surface area (TPSA) is 42.0 Å². The Hall–Kier alpha value is -3.01. The Labute approximate surface area is 127 Å². The molecule has 0 saturated carbocycles. The minimum Gasteiger partial charge on any atom is -0.321 e. The number of benzene rings is 2. The first-order valence-electron chi connectivity index (χ1n) is 6.81. The fourth-order valence-corrected chi connectivity index (χ4v) is 2.16. The van der Waals surface area contributed by atoms with Gasteiger partial charge in [-0.2, -0.15) is 0 Å². The van der Waals surface area contributed by atoms with Crippen LogP contribution in [0.4, 0.5) is 10.1 Å². The molecule has 0 saturated heterocycles. The van der Waals surface area contributed by atoms with E-state index in [1.54, 1.807) is 30.5 Å². The molecule has 22 heavy (non-hydrogen) atoms. The van der Waals surface area contributed by atoms with Gasteiger partial charge in [-0.25, -0.2) is 4.39 Å². The summed E-state index contributed by atoms with van der Waals surface area (Å²) in [5.74, 6) is -0.622. The molecule has 1 amide bonds. The van der Waals surface area contributed by atoms with Crippen molar-refractivity contribution in [3.05, 3.63) is 78.3 Å². The Morgan fingerprint density at radius 3 is 2.77 bits per heavy atom. The minimum absolute atomic E-state index is 0.289. The molecule has 0 aliphatic heterocycles. The van der Waals surface area contributed by atoms with Gasteiger partial charge in [0.25, 0.3) is 0 Å². The van der Waals surface area contributed by atoms with Gasteiger partial charge in [0.15, 0.2) is 0 Å². The molecule has 0 fully saturated rings. The van der Waals surface area contributed by atoms with Gasteiger partial charge >= 0.3 is 0 Å². The molecule has 0 aliphatic rings. The van der Waals surface area contributed by atoms with Crippen molar-refractivity contribution in [2.45, 2.75) is 0 Å². The maximum Gasteiger partial charge on any atom is 0.248 e. The quantitative estimate of drug-likeness (QED) is 0.741. The summed E-state index contributed by atoms with van der Waals surface area (Å²) in [6.45, 7) is 0. The fourth-order valence-electron chi connectivity index (χ4n) is 2.16. The summed E-state index contributed by atoms with van der Waals surface area (Å²) in [5.41, 5.74) is 2.01. The Bertz CT molecular complexity index is 853. The predicted molar refractivity (Wildman–Crippen MR) is 85.8 cm³/mol. The van der Waals surface area contributed by atoms with Crippen molar-refractivity contribution in [2.24, 2.45) is 0 Å². The zero-order valence-corrected chi connectivity index (χ0v) is 11.7. The summed E-state index contributed by atoms with van der Waals surface area (Å²) in [6.07, 6.45) is 4.62. The highest BCUT2D eigenvalue weighted by atomic mass is 19.1. The fraction of sp³-hybridized carbons (Fsp3) is 0. The van der Waals surface area contributed by atoms with Crippen LogP contribution in [-0.4, -0.2) is 10.9 Å². The van der Waals surface area contributed by atoms with Gasteiger partial charge in [0.05, 0.1) is 11.2 Å². The van der Waals surface area contributed by atoms with Crippen LogP contribution in [0.1, 0.15) is 5.56 Å². The van der Waals surface area contributed by atoms with Crippen molar-refractivity contribution >= 4 is 28.6 Å². The van der Waals surface area contributed by atoms with Gasteiger partial charge in [0.1, 0.15) is 5.82 Å². The molecule has 0 aliphatic carbocycles. The maximum absolute atomic E-state index is 13.1. The molecule has 0 bridgehead atoms. The standard InChI is InChI=1S/C18H13FN2O/c19-15-7-1-4-13(12-15)9-10-17(22)21-16-8-2-5-14-6-3-11-20-18(14)16/h1-12H,(H,21,22)/b10-9+. The number of carbonyl (C=O) groups is 1. The highest BCUT2D eigenvalue weighted by molar-refractivity contribution is 6.06. The van der Waals surface area contributed by atoms with Crippen LogP contribution in [0.3, 0.4) is 0 Å². The smallest absolute Gasteiger partial charge is 0.248 e. The normalized spacial score (nSPS) is 11.0. The summed E-state index contributed by atoms with van der Waals surface area (Å²) >= 11 is 0. The second-order valence-electron chi connectivity index (χ2n) is 4.76. The first-order valence-corrected chi connectivity index (χ1v) is 6.81. The first-order chi connectivity index (χ1) is 10.7. The average molecular weight is 292 g/mol. The second-order valence-corrected chi connectivity index (χ2v) is 4.76. The van der Waals surface area contributed by atoms with E-state index in [-0.39, 0.29) is 11.7 Å². The number of halogens is 1. The minimum atomic E-state index is -0.333. The molecule has 0 radical (unpaired) electrons. The molecule has 1 N–H and O–H groups in total. The Balaban J connectivity index is 1.79. The number of hydrogen-bond donors (Lipinski definition) is 1. The molecule has 108 valence electrons. The van der Waals surface area contributed by atoms with E-state index < -0.39 is 0 Å². The van der Waals surface area contributed by atoms with E-state index in [0.717, 1.165) is 10.9 Å². The van der Waals surface area contributed by atoms with Gasteiger partial charge in [0, 0.05) is 17.7 Å². The van der Waals surface area contributed by atoms with Crippen LogP contribution >= 0.6 is 0 Å². The zero-order valence-electron chi connectivity index (χ0n) is 11.7. The largest absolute Gasteiger partial charge is 0.321 e. The number of fused-ring (bicyclic) bond motifs is 1. The number of nitrogens with one attached hydrogen (secondary N) is 1. The molecular weight excluding hydrogens is 279 g/mol. The molecule has 0 spiro atoms. The third-order valence-corrected chi connectivity index (χ3v) is 3.17. The van der Waals surface area contributed by atoms with Crippen LogP contribution < -0.4 is 5.32 Å². The van der Waals surface area contributed by atoms with Gasteiger partial charge in [-0.1, -0.05) is 30.3 Å². The zero-order chi connectivity index (χ0) is 15.4. The lowest BCUT2D eigenvalue weighted by atomic mass is 10.2. The Morgan fingerprint density at radius 1 is 1.09 bits per heavy atom. The van der Waals surface area contributed by atoms with Crippen LogP contribution in [0.2, 0.25) is 0 Å². The first kappa shape index (κ1) is 13.9. The molecule has 3 nitrogen and oxygen atoms in total. The van der Waals surface area contributed by atoms with Crippen molar-refractivity contribution < 1.29 is 9.18 Å². The van der Waals surface area contributed by atoms with Crippen LogP contribution in [0.25, 0.3) is 17.0 Å². The van der Waals surface area contributed by atoms with E-state index >= 15 is 0 Å². The predicted octanol–water partition coefficient (Wildman–Crippen LogP) is 4.03. The number of amides is 1. The molecule has 4 heteroatoms. The van der Waals surface area contributed by atoms with Crippen LogP contribution in [-0.2, 0) is 4.79 Å². The van der Waals surface area contributed by atoms with Gasteiger partial charge in [0.2, 0.25) is 5.91 Å². The van der Waals surface area contributed by atoms with Gasteiger partial charge in [-0.05, 0) is 35.9 Å². The van der Waals surface area contributed by atoms with E-state index in [0.29, 0.717) is 11.3 Å². The van der Waals surface area contributed by atoms with Crippen LogP contribution in [0.15, 0.2) is 66.9 Å². The summed E-state index contributed by atoms with van der Waals surface area (Å²) in [7, 11) is 0. The molecule has 0 atom stereocenters. The SMILES string of the molecule is O=C(/C=C/c1cccc(F)c1)Nc1cccc2cccnc12. The van der Waals surface area contributed by atoms with Crippen molar-refractivity contribution in [3.63, 3.8) is 0 Å². The molecule has 2 aromatic carbocycles. The number of pyridine rings is 1. The average Bonchev–Trinajstić information content (AvgIpc) is 2.53. The highest BCUT2D eigenvalue weighted by Crippen LogP contribution is 2.20. The summed E-state index contributed by atoms with van der Waals surface area (Å²) < 4.78 is 13.1. The third-order valence-electron chi connectivity index (χ3n) is 3.17. The van der Waals surface area contributed by atoms with Crippen molar-refractivity contribution in [1.82, 2.24) is 4.98 Å². The number of aromatic nitrogens is 1. The lowest BCUT2D eigenvalue weighted by Gasteiger charge is -2.05. The third kappa shape index (κ3) is 3.17. The molecule has 1 heterocycles.